The lowest BCUT2D eigenvalue weighted by molar-refractivity contribution is 0.104. The van der Waals surface area contributed by atoms with Crippen LogP contribution in [0.3, 0.4) is 0 Å². The Kier molecular flexibility index (Phi) is 7.09. The van der Waals surface area contributed by atoms with E-state index in [0.717, 1.165) is 5.56 Å². The summed E-state index contributed by atoms with van der Waals surface area (Å²) in [7, 11) is 3.10. The molecule has 0 saturated heterocycles. The molecule has 0 saturated carbocycles. The fraction of sp³-hybridized carbons (Fsp3) is 0.286. The zero-order chi connectivity index (χ0) is 18.9. The van der Waals surface area contributed by atoms with Crippen LogP contribution in [0.15, 0.2) is 42.5 Å². The van der Waals surface area contributed by atoms with E-state index >= 15 is 0 Å². The number of methoxy groups -OCH3 is 2. The normalized spacial score (nSPS) is 10.6. The summed E-state index contributed by atoms with van der Waals surface area (Å²) in [5.74, 6) is 2.33. The fourth-order valence-electron chi connectivity index (χ4n) is 2.43. The van der Waals surface area contributed by atoms with Gasteiger partial charge in [-0.1, -0.05) is 12.1 Å². The summed E-state index contributed by atoms with van der Waals surface area (Å²) < 4.78 is 21.6. The highest BCUT2D eigenvalue weighted by Crippen LogP contribution is 2.30. The third kappa shape index (κ3) is 4.79. The zero-order valence-corrected chi connectivity index (χ0v) is 15.6. The molecule has 0 unspecified atom stereocenters. The molecule has 138 valence electrons. The second-order valence-electron chi connectivity index (χ2n) is 5.34. The Morgan fingerprint density at radius 3 is 2.15 bits per heavy atom. The van der Waals surface area contributed by atoms with Gasteiger partial charge in [0.1, 0.15) is 0 Å². The molecule has 2 aromatic rings. The number of carbonyl (C=O) groups excluding carboxylic acids is 1. The number of rotatable bonds is 9. The number of ketones is 1. The SMILES string of the molecule is CCOc1ccc(C=CC(=O)c2ccc(OC)c(OC)c2)cc1OCC. The third-order valence-electron chi connectivity index (χ3n) is 3.66. The Morgan fingerprint density at radius 2 is 1.50 bits per heavy atom. The summed E-state index contributed by atoms with van der Waals surface area (Å²) in [5.41, 5.74) is 1.38. The molecule has 2 aromatic carbocycles. The van der Waals surface area contributed by atoms with Crippen molar-refractivity contribution in [3.8, 4) is 23.0 Å². The van der Waals surface area contributed by atoms with E-state index in [4.69, 9.17) is 18.9 Å². The lowest BCUT2D eigenvalue weighted by atomic mass is 10.1. The van der Waals surface area contributed by atoms with Crippen LogP contribution in [0.25, 0.3) is 6.08 Å². The van der Waals surface area contributed by atoms with Gasteiger partial charge in [0.05, 0.1) is 27.4 Å². The number of ether oxygens (including phenoxy) is 4. The molecular formula is C21H24O5. The molecule has 0 aliphatic rings. The van der Waals surface area contributed by atoms with Crippen molar-refractivity contribution in [2.75, 3.05) is 27.4 Å². The molecule has 0 aliphatic heterocycles. The minimum atomic E-state index is -0.127. The van der Waals surface area contributed by atoms with Gasteiger partial charge in [-0.3, -0.25) is 4.79 Å². The van der Waals surface area contributed by atoms with E-state index in [0.29, 0.717) is 41.8 Å². The molecule has 5 heteroatoms. The molecule has 0 heterocycles. The average molecular weight is 356 g/mol. The lowest BCUT2D eigenvalue weighted by Gasteiger charge is -2.11. The van der Waals surface area contributed by atoms with Gasteiger partial charge in [0, 0.05) is 5.56 Å². The van der Waals surface area contributed by atoms with Crippen molar-refractivity contribution in [3.05, 3.63) is 53.6 Å². The van der Waals surface area contributed by atoms with Crippen molar-refractivity contribution in [1.29, 1.82) is 0 Å². The van der Waals surface area contributed by atoms with E-state index in [2.05, 4.69) is 0 Å². The van der Waals surface area contributed by atoms with Crippen molar-refractivity contribution in [3.63, 3.8) is 0 Å². The lowest BCUT2D eigenvalue weighted by Crippen LogP contribution is -1.99. The molecule has 0 aliphatic carbocycles. The molecule has 0 fully saturated rings. The van der Waals surface area contributed by atoms with E-state index < -0.39 is 0 Å². The molecule has 0 spiro atoms. The van der Waals surface area contributed by atoms with Crippen molar-refractivity contribution >= 4 is 11.9 Å². The van der Waals surface area contributed by atoms with Gasteiger partial charge < -0.3 is 18.9 Å². The minimum Gasteiger partial charge on any atom is -0.493 e. The summed E-state index contributed by atoms with van der Waals surface area (Å²) >= 11 is 0. The van der Waals surface area contributed by atoms with Gasteiger partial charge in [0.2, 0.25) is 0 Å². The van der Waals surface area contributed by atoms with Gasteiger partial charge in [0.25, 0.3) is 0 Å². The smallest absolute Gasteiger partial charge is 0.185 e. The molecule has 5 nitrogen and oxygen atoms in total. The Bertz CT molecular complexity index is 780. The molecule has 26 heavy (non-hydrogen) atoms. The standard InChI is InChI=1S/C21H24O5/c1-5-25-19-11-8-15(13-21(19)26-6-2)7-10-17(22)16-9-12-18(23-3)20(14-16)24-4/h7-14H,5-6H2,1-4H3. The van der Waals surface area contributed by atoms with Gasteiger partial charge in [-0.25, -0.2) is 0 Å². The topological polar surface area (TPSA) is 54.0 Å². The number of benzene rings is 2. The first-order valence-electron chi connectivity index (χ1n) is 8.47. The van der Waals surface area contributed by atoms with Gasteiger partial charge in [-0.2, -0.15) is 0 Å². The van der Waals surface area contributed by atoms with Crippen molar-refractivity contribution in [2.24, 2.45) is 0 Å². The van der Waals surface area contributed by atoms with Crippen LogP contribution < -0.4 is 18.9 Å². The van der Waals surface area contributed by atoms with Gasteiger partial charge >= 0.3 is 0 Å². The first kappa shape index (κ1) is 19.4. The van der Waals surface area contributed by atoms with E-state index in [-0.39, 0.29) is 5.78 Å². The highest BCUT2D eigenvalue weighted by Gasteiger charge is 2.09. The zero-order valence-electron chi connectivity index (χ0n) is 15.6. The van der Waals surface area contributed by atoms with Crippen LogP contribution in [0.5, 0.6) is 23.0 Å². The molecule has 0 radical (unpaired) electrons. The van der Waals surface area contributed by atoms with E-state index in [1.54, 1.807) is 31.4 Å². The summed E-state index contributed by atoms with van der Waals surface area (Å²) in [6.45, 7) is 4.94. The Morgan fingerprint density at radius 1 is 0.846 bits per heavy atom. The predicted molar refractivity (Wildman–Crippen MR) is 102 cm³/mol. The van der Waals surface area contributed by atoms with Crippen molar-refractivity contribution in [2.45, 2.75) is 13.8 Å². The first-order chi connectivity index (χ1) is 12.6. The number of carbonyl (C=O) groups is 1. The summed E-state index contributed by atoms with van der Waals surface area (Å²) in [6.07, 6.45) is 3.27. The highest BCUT2D eigenvalue weighted by atomic mass is 16.5. The largest absolute Gasteiger partial charge is 0.493 e. The maximum absolute atomic E-state index is 12.4. The van der Waals surface area contributed by atoms with Gasteiger partial charge in [-0.15, -0.1) is 0 Å². The second kappa shape index (κ2) is 9.51. The maximum atomic E-state index is 12.4. The second-order valence-corrected chi connectivity index (χ2v) is 5.34. The molecule has 0 aromatic heterocycles. The molecule has 0 amide bonds. The van der Waals surface area contributed by atoms with Crippen LogP contribution in [-0.4, -0.2) is 33.2 Å². The van der Waals surface area contributed by atoms with Crippen LogP contribution in [0.4, 0.5) is 0 Å². The van der Waals surface area contributed by atoms with Crippen LogP contribution in [0.2, 0.25) is 0 Å². The fourth-order valence-corrected chi connectivity index (χ4v) is 2.43. The summed E-state index contributed by atoms with van der Waals surface area (Å²) in [5, 5.41) is 0. The van der Waals surface area contributed by atoms with E-state index in [1.165, 1.54) is 13.2 Å². The molecule has 0 bridgehead atoms. The van der Waals surface area contributed by atoms with Crippen LogP contribution in [-0.2, 0) is 0 Å². The third-order valence-corrected chi connectivity index (χ3v) is 3.66. The van der Waals surface area contributed by atoms with Crippen LogP contribution in [0.1, 0.15) is 29.8 Å². The first-order valence-corrected chi connectivity index (χ1v) is 8.47. The van der Waals surface area contributed by atoms with Gasteiger partial charge in [0.15, 0.2) is 28.8 Å². The van der Waals surface area contributed by atoms with E-state index in [1.807, 2.05) is 32.0 Å². The quantitative estimate of drug-likeness (QED) is 0.492. The summed E-state index contributed by atoms with van der Waals surface area (Å²) in [6, 6.07) is 10.7. The highest BCUT2D eigenvalue weighted by molar-refractivity contribution is 6.07. The number of allylic oxidation sites excluding steroid dienone is 1. The predicted octanol–water partition coefficient (Wildman–Crippen LogP) is 4.40. The van der Waals surface area contributed by atoms with Crippen molar-refractivity contribution < 1.29 is 23.7 Å². The van der Waals surface area contributed by atoms with Crippen LogP contribution >= 0.6 is 0 Å². The Balaban J connectivity index is 2.20. The molecule has 0 N–H and O–H groups in total. The van der Waals surface area contributed by atoms with Crippen molar-refractivity contribution in [1.82, 2.24) is 0 Å². The average Bonchev–Trinajstić information content (AvgIpc) is 2.67. The number of hydrogen-bond acceptors (Lipinski definition) is 5. The monoisotopic (exact) mass is 356 g/mol. The van der Waals surface area contributed by atoms with Crippen LogP contribution in [0, 0.1) is 0 Å². The van der Waals surface area contributed by atoms with E-state index in [9.17, 15) is 4.79 Å². The molecule has 0 atom stereocenters. The maximum Gasteiger partial charge on any atom is 0.185 e. The summed E-state index contributed by atoms with van der Waals surface area (Å²) in [4.78, 5) is 12.4. The minimum absolute atomic E-state index is 0.127. The molecule has 2 rings (SSSR count). The molecular weight excluding hydrogens is 332 g/mol. The Hall–Kier alpha value is -2.95. The number of hydrogen-bond donors (Lipinski definition) is 0. The Labute approximate surface area is 154 Å². The van der Waals surface area contributed by atoms with Gasteiger partial charge in [-0.05, 0) is 55.8 Å².